The molecular formula is C108H110N6O18. The highest BCUT2D eigenvalue weighted by atomic mass is 16.6. The summed E-state index contributed by atoms with van der Waals surface area (Å²) in [6, 6.07) is 91.4. The molecule has 0 aromatic heterocycles. The highest BCUT2D eigenvalue weighted by Crippen LogP contribution is 2.28. The molecule has 6 amide bonds. The van der Waals surface area contributed by atoms with Crippen molar-refractivity contribution in [1.29, 1.82) is 0 Å². The number of hydrogen-bond acceptors (Lipinski definition) is 18. The van der Waals surface area contributed by atoms with Crippen molar-refractivity contribution in [2.75, 3.05) is 42.3 Å². The van der Waals surface area contributed by atoms with Crippen molar-refractivity contribution in [2.45, 2.75) is 150 Å². The molecule has 2 heterocycles. The number of nitrogens with zero attached hydrogens (tertiary/aromatic N) is 6. The average Bonchev–Trinajstić information content (AvgIpc) is 0.807. The van der Waals surface area contributed by atoms with Gasteiger partial charge in [-0.2, -0.15) is 0 Å². The van der Waals surface area contributed by atoms with E-state index in [1.165, 1.54) is 73.7 Å². The van der Waals surface area contributed by atoms with Gasteiger partial charge in [-0.3, -0.25) is 28.8 Å². The summed E-state index contributed by atoms with van der Waals surface area (Å²) in [4.78, 5) is 185. The zero-order valence-electron chi connectivity index (χ0n) is 75.0. The zero-order valence-corrected chi connectivity index (χ0v) is 75.0. The summed E-state index contributed by atoms with van der Waals surface area (Å²) in [6.07, 6.45) is -9.19. The second-order valence-electron chi connectivity index (χ2n) is 33.1. The number of esters is 6. The average molecular weight is 1780 g/mol. The molecule has 24 heteroatoms. The Kier molecular flexibility index (Phi) is 34.5. The summed E-state index contributed by atoms with van der Waals surface area (Å²) in [5.41, 5.74) is 7.54. The molecule has 24 nitrogen and oxygen atoms in total. The van der Waals surface area contributed by atoms with E-state index in [1.807, 2.05) is 103 Å². The van der Waals surface area contributed by atoms with Crippen molar-refractivity contribution in [3.8, 4) is 0 Å². The van der Waals surface area contributed by atoms with Crippen LogP contribution in [0.4, 0.5) is 0 Å². The van der Waals surface area contributed by atoms with Gasteiger partial charge < -0.3 is 57.8 Å². The van der Waals surface area contributed by atoms with Crippen molar-refractivity contribution in [3.63, 3.8) is 0 Å². The number of cyclic esters (lactones) is 6. The molecule has 11 aromatic carbocycles. The third-order valence-electron chi connectivity index (χ3n) is 23.8. The van der Waals surface area contributed by atoms with Gasteiger partial charge in [0.2, 0.25) is 0 Å². The number of ether oxygens (including phenoxy) is 6. The summed E-state index contributed by atoms with van der Waals surface area (Å²) in [7, 11) is 8.61. The molecule has 0 saturated carbocycles. The highest BCUT2D eigenvalue weighted by Gasteiger charge is 2.46. The smallest absolute Gasteiger partial charge is 0.329 e. The van der Waals surface area contributed by atoms with Gasteiger partial charge >= 0.3 is 35.8 Å². The summed E-state index contributed by atoms with van der Waals surface area (Å²) < 4.78 is 37.0. The number of rotatable bonds is 22. The van der Waals surface area contributed by atoms with Crippen LogP contribution in [0.1, 0.15) is 68.1 Å². The van der Waals surface area contributed by atoms with E-state index in [0.717, 1.165) is 4.90 Å². The number of carbonyl (C=O) groups is 12. The number of amides is 6. The second-order valence-corrected chi connectivity index (χ2v) is 33.1. The minimum absolute atomic E-state index is 0.00426. The summed E-state index contributed by atoms with van der Waals surface area (Å²) in [5, 5.41) is 0. The van der Waals surface area contributed by atoms with Crippen LogP contribution in [0.2, 0.25) is 0 Å². The normalized spacial score (nSPS) is 21.6. The molecule has 0 unspecified atom stereocenters. The van der Waals surface area contributed by atoms with Crippen molar-refractivity contribution < 1.29 is 86.0 Å². The van der Waals surface area contributed by atoms with Crippen molar-refractivity contribution in [2.24, 2.45) is 0 Å². The Hall–Kier alpha value is -14.9. The standard InChI is InChI=1S/C57H57N3O9.C51H53N3O9/c1-58-46(34-40-22-10-4-11-23-40)55(64)68-50(38-44-30-18-8-19-31-44)53(62)60(3)48(36-42-26-14-6-15-27-42)57(66)69-51(39-45-32-20-9-21-33-45)54(63)59(2)47(35-41-24-12-5-13-25-41)56(65)67-49(52(58)61)37-43-28-16-7-17-29-43;1-35-46(55)52(2)42(31-37-22-12-6-13-23-37)50(59)62-45(34-40-28-18-9-19-29-40)48(57)54(4)43(32-38-24-14-7-15-25-38)51(60)63-44(33-39-26-16-8-17-27-39)47(56)53(3)41(49(58)61-35)30-36-20-10-5-11-21-36/h4-33,46-51H,34-39H2,1-3H3;5-29,35,41-45H,30-34H2,1-4H3/t46-,47-,48-,49+,50+,51+;35-,41+,42+,43+,44-,45-/m01/s1. The Morgan fingerprint density at radius 1 is 0.167 bits per heavy atom. The van der Waals surface area contributed by atoms with Gasteiger partial charge in [-0.25, -0.2) is 28.8 Å². The fourth-order valence-corrected chi connectivity index (χ4v) is 16.1. The van der Waals surface area contributed by atoms with Crippen LogP contribution in [-0.4, -0.2) is 216 Å². The maximum atomic E-state index is 15.1. The van der Waals surface area contributed by atoms with Crippen molar-refractivity contribution in [3.05, 3.63) is 395 Å². The number of carbonyl (C=O) groups excluding carboxylic acids is 12. The fourth-order valence-electron chi connectivity index (χ4n) is 16.1. The van der Waals surface area contributed by atoms with E-state index in [1.54, 1.807) is 231 Å². The van der Waals surface area contributed by atoms with E-state index >= 15 is 14.4 Å². The first kappa shape index (κ1) is 96.1. The SMILES string of the molecule is CN1C(=O)[C@@H](Cc2ccccc2)OC(=O)[C@H](Cc2ccccc2)N(C)C(=O)[C@@H](Cc2ccccc2)OC(=O)[C@H](Cc2ccccc2)N(C)C(=O)[C@@H](Cc2ccccc2)OC(=O)[C@@H]1Cc1ccccc1.C[C@H]1OC(=O)[C@H](Cc2ccccc2)N(C)C(=O)[C@@H](Cc2ccccc2)OC(=O)[C@H](Cc2ccccc2)N(C)C(=O)[C@@H](Cc2ccccc2)OC(=O)[C@H](Cc2ccccc2)N(C)C1=O. The molecule has 2 aliphatic heterocycles. The van der Waals surface area contributed by atoms with Gasteiger partial charge in [-0.05, 0) is 68.1 Å². The molecule has 2 fully saturated rings. The van der Waals surface area contributed by atoms with Gasteiger partial charge in [0.1, 0.15) is 36.3 Å². The second kappa shape index (κ2) is 47.4. The van der Waals surface area contributed by atoms with Crippen LogP contribution in [0.15, 0.2) is 334 Å². The molecule has 2 aliphatic rings. The van der Waals surface area contributed by atoms with E-state index in [2.05, 4.69) is 0 Å². The largest absolute Gasteiger partial charge is 0.451 e. The topological polar surface area (TPSA) is 280 Å². The summed E-state index contributed by atoms with van der Waals surface area (Å²) in [6.45, 7) is 1.39. The molecule has 680 valence electrons. The Balaban J connectivity index is 0.000000239. The Morgan fingerprint density at radius 3 is 0.417 bits per heavy atom. The molecule has 11 aromatic rings. The van der Waals surface area contributed by atoms with Crippen LogP contribution in [0.5, 0.6) is 0 Å². The van der Waals surface area contributed by atoms with Crippen LogP contribution in [0.3, 0.4) is 0 Å². The summed E-state index contributed by atoms with van der Waals surface area (Å²) >= 11 is 0. The first-order valence-corrected chi connectivity index (χ1v) is 44.1. The van der Waals surface area contributed by atoms with Gasteiger partial charge in [-0.1, -0.05) is 334 Å². The Bertz CT molecular complexity index is 5280. The van der Waals surface area contributed by atoms with E-state index in [4.69, 9.17) is 28.4 Å². The van der Waals surface area contributed by atoms with Gasteiger partial charge in [0, 0.05) is 113 Å². The molecule has 132 heavy (non-hydrogen) atoms. The first-order valence-electron chi connectivity index (χ1n) is 44.1. The highest BCUT2D eigenvalue weighted by molar-refractivity contribution is 5.97. The van der Waals surface area contributed by atoms with E-state index in [-0.39, 0.29) is 70.6 Å². The lowest BCUT2D eigenvalue weighted by Crippen LogP contribution is -2.56. The molecule has 13 rings (SSSR count). The van der Waals surface area contributed by atoms with Crippen molar-refractivity contribution in [1.82, 2.24) is 29.4 Å². The van der Waals surface area contributed by atoms with E-state index in [9.17, 15) is 43.2 Å². The third-order valence-corrected chi connectivity index (χ3v) is 23.8. The van der Waals surface area contributed by atoms with E-state index in [0.29, 0.717) is 61.2 Å². The molecule has 0 bridgehead atoms. The predicted molar refractivity (Wildman–Crippen MR) is 496 cm³/mol. The number of hydrogen-bond donors (Lipinski definition) is 0. The Labute approximate surface area is 770 Å². The van der Waals surface area contributed by atoms with Gasteiger partial charge in [0.05, 0.1) is 0 Å². The molecule has 0 N–H and O–H groups in total. The minimum atomic E-state index is -1.48. The van der Waals surface area contributed by atoms with Crippen LogP contribution >= 0.6 is 0 Å². The third kappa shape index (κ3) is 26.6. The quantitative estimate of drug-likeness (QED) is 0.0450. The molecule has 0 radical (unpaired) electrons. The lowest BCUT2D eigenvalue weighted by molar-refractivity contribution is -0.176. The van der Waals surface area contributed by atoms with Gasteiger partial charge in [0.25, 0.3) is 35.4 Å². The van der Waals surface area contributed by atoms with Gasteiger partial charge in [0.15, 0.2) is 36.6 Å². The lowest BCUT2D eigenvalue weighted by Gasteiger charge is -2.35. The van der Waals surface area contributed by atoms with Crippen molar-refractivity contribution >= 4 is 71.3 Å². The molecule has 2 saturated heterocycles. The predicted octanol–water partition coefficient (Wildman–Crippen LogP) is 12.1. The number of likely N-dealkylation sites (N-methyl/N-ethyl adjacent to an activating group) is 6. The molecule has 12 atom stereocenters. The molecule has 0 aliphatic carbocycles. The van der Waals surface area contributed by atoms with E-state index < -0.39 is 144 Å². The maximum absolute atomic E-state index is 15.1. The van der Waals surface area contributed by atoms with Crippen LogP contribution in [-0.2, 0) is 157 Å². The van der Waals surface area contributed by atoms with Crippen LogP contribution in [0.25, 0.3) is 0 Å². The summed E-state index contributed by atoms with van der Waals surface area (Å²) in [5.74, 6) is -9.55. The maximum Gasteiger partial charge on any atom is 0.329 e. The molecular weight excluding hydrogens is 1670 g/mol. The fraction of sp³-hybridized carbons (Fsp3) is 0.278. The van der Waals surface area contributed by atoms with Crippen LogP contribution < -0.4 is 0 Å². The monoisotopic (exact) mass is 1780 g/mol. The molecule has 0 spiro atoms. The number of benzene rings is 11. The lowest BCUT2D eigenvalue weighted by atomic mass is 10.0. The minimum Gasteiger partial charge on any atom is -0.451 e. The Morgan fingerprint density at radius 2 is 0.280 bits per heavy atom. The van der Waals surface area contributed by atoms with Gasteiger partial charge in [-0.15, -0.1) is 0 Å². The van der Waals surface area contributed by atoms with Crippen LogP contribution in [0, 0.1) is 0 Å². The first-order chi connectivity index (χ1) is 63.8. The zero-order chi connectivity index (χ0) is 93.6.